The smallest absolute Gasteiger partial charge is 0.333 e. The molecular formula is C10H12N2O4. The summed E-state index contributed by atoms with van der Waals surface area (Å²) in [6.45, 7) is 0.849. The van der Waals surface area contributed by atoms with E-state index in [0.717, 1.165) is 0 Å². The first-order chi connectivity index (χ1) is 7.63. The van der Waals surface area contributed by atoms with Gasteiger partial charge in [0.1, 0.15) is 5.69 Å². The lowest BCUT2D eigenvalue weighted by molar-refractivity contribution is -0.385. The van der Waals surface area contributed by atoms with E-state index in [4.69, 9.17) is 4.74 Å². The van der Waals surface area contributed by atoms with Crippen LogP contribution in [-0.4, -0.2) is 36.3 Å². The van der Waals surface area contributed by atoms with E-state index in [1.54, 1.807) is 23.1 Å². The van der Waals surface area contributed by atoms with Crippen molar-refractivity contribution in [3.05, 3.63) is 28.3 Å². The van der Waals surface area contributed by atoms with Crippen molar-refractivity contribution in [2.45, 2.75) is 6.10 Å². The number of β-amino-alcohol motifs (C(OH)–C–C–N with tert-alkyl or cyclic N) is 1. The molecule has 0 spiro atoms. The van der Waals surface area contributed by atoms with Crippen molar-refractivity contribution in [3.8, 4) is 5.75 Å². The molecule has 16 heavy (non-hydrogen) atoms. The van der Waals surface area contributed by atoms with Gasteiger partial charge < -0.3 is 14.7 Å². The van der Waals surface area contributed by atoms with Crippen LogP contribution in [-0.2, 0) is 0 Å². The van der Waals surface area contributed by atoms with Gasteiger partial charge in [-0.2, -0.15) is 0 Å². The van der Waals surface area contributed by atoms with E-state index in [1.165, 1.54) is 7.11 Å². The maximum atomic E-state index is 11.0. The number of benzene rings is 1. The summed E-state index contributed by atoms with van der Waals surface area (Å²) in [5.41, 5.74) is 0.451. The van der Waals surface area contributed by atoms with E-state index in [1.807, 2.05) is 0 Å². The summed E-state index contributed by atoms with van der Waals surface area (Å²) >= 11 is 0. The van der Waals surface area contributed by atoms with Crippen molar-refractivity contribution in [2.24, 2.45) is 0 Å². The second kappa shape index (κ2) is 3.97. The van der Waals surface area contributed by atoms with Crippen LogP contribution in [0.2, 0.25) is 0 Å². The zero-order valence-electron chi connectivity index (χ0n) is 8.79. The fourth-order valence-electron chi connectivity index (χ4n) is 1.77. The average molecular weight is 224 g/mol. The van der Waals surface area contributed by atoms with Crippen LogP contribution in [0, 0.1) is 10.1 Å². The van der Waals surface area contributed by atoms with Gasteiger partial charge in [-0.05, 0) is 12.1 Å². The number of nitrogens with zero attached hydrogens (tertiary/aromatic N) is 2. The van der Waals surface area contributed by atoms with Gasteiger partial charge in [0.2, 0.25) is 0 Å². The molecular weight excluding hydrogens is 212 g/mol. The van der Waals surface area contributed by atoms with Crippen LogP contribution < -0.4 is 9.64 Å². The van der Waals surface area contributed by atoms with Crippen LogP contribution in [0.5, 0.6) is 5.75 Å². The number of aliphatic hydroxyl groups is 1. The lowest BCUT2D eigenvalue weighted by Gasteiger charge is -2.37. The van der Waals surface area contributed by atoms with Gasteiger partial charge in [-0.3, -0.25) is 10.1 Å². The van der Waals surface area contributed by atoms with Gasteiger partial charge in [-0.15, -0.1) is 0 Å². The standard InChI is InChI=1S/C10H12N2O4/c1-16-9-4-2-3-8(10(9)12(14)15)11-5-7(13)6-11/h2-4,7,13H,5-6H2,1H3. The molecule has 1 aliphatic heterocycles. The van der Waals surface area contributed by atoms with Crippen molar-refractivity contribution in [2.75, 3.05) is 25.1 Å². The number of hydrogen-bond acceptors (Lipinski definition) is 5. The Labute approximate surface area is 92.2 Å². The summed E-state index contributed by atoms with van der Waals surface area (Å²) in [7, 11) is 1.40. The Morgan fingerprint density at radius 1 is 1.56 bits per heavy atom. The van der Waals surface area contributed by atoms with E-state index in [2.05, 4.69) is 0 Å². The van der Waals surface area contributed by atoms with E-state index in [-0.39, 0.29) is 11.4 Å². The number of aliphatic hydroxyl groups excluding tert-OH is 1. The average Bonchev–Trinajstić information content (AvgIpc) is 2.23. The molecule has 0 bridgehead atoms. The predicted molar refractivity (Wildman–Crippen MR) is 57.9 cm³/mol. The molecule has 1 saturated heterocycles. The fourth-order valence-corrected chi connectivity index (χ4v) is 1.77. The second-order valence-electron chi connectivity index (χ2n) is 3.64. The SMILES string of the molecule is COc1cccc(N2CC(O)C2)c1[N+](=O)[O-]. The molecule has 0 aromatic heterocycles. The minimum atomic E-state index is -0.459. The number of methoxy groups -OCH3 is 1. The molecule has 6 nitrogen and oxygen atoms in total. The van der Waals surface area contributed by atoms with E-state index >= 15 is 0 Å². The van der Waals surface area contributed by atoms with E-state index in [0.29, 0.717) is 18.8 Å². The van der Waals surface area contributed by atoms with Crippen LogP contribution >= 0.6 is 0 Å². The van der Waals surface area contributed by atoms with Crippen molar-refractivity contribution in [1.82, 2.24) is 0 Å². The minimum absolute atomic E-state index is 0.0445. The summed E-state index contributed by atoms with van der Waals surface area (Å²) in [6, 6.07) is 4.91. The number of rotatable bonds is 3. The Bertz CT molecular complexity index is 415. The summed E-state index contributed by atoms with van der Waals surface area (Å²) in [4.78, 5) is 12.3. The van der Waals surface area contributed by atoms with Gasteiger partial charge in [0.25, 0.3) is 0 Å². The monoisotopic (exact) mass is 224 g/mol. The molecule has 0 amide bonds. The fraction of sp³-hybridized carbons (Fsp3) is 0.400. The van der Waals surface area contributed by atoms with Crippen molar-refractivity contribution in [1.29, 1.82) is 0 Å². The van der Waals surface area contributed by atoms with Crippen molar-refractivity contribution >= 4 is 11.4 Å². The Kier molecular flexibility index (Phi) is 2.66. The molecule has 1 N–H and O–H groups in total. The summed E-state index contributed by atoms with van der Waals surface area (Å²) in [6.07, 6.45) is -0.397. The largest absolute Gasteiger partial charge is 0.490 e. The molecule has 0 unspecified atom stereocenters. The maximum Gasteiger partial charge on any atom is 0.333 e. The van der Waals surface area contributed by atoms with E-state index in [9.17, 15) is 15.2 Å². The Morgan fingerprint density at radius 3 is 2.75 bits per heavy atom. The van der Waals surface area contributed by atoms with Crippen LogP contribution in [0.3, 0.4) is 0 Å². The first-order valence-corrected chi connectivity index (χ1v) is 4.88. The minimum Gasteiger partial charge on any atom is -0.490 e. The lowest BCUT2D eigenvalue weighted by Crippen LogP contribution is -2.51. The Morgan fingerprint density at radius 2 is 2.25 bits per heavy atom. The first kappa shape index (κ1) is 10.7. The predicted octanol–water partition coefficient (Wildman–Crippen LogP) is 0.784. The van der Waals surface area contributed by atoms with Crippen LogP contribution in [0.15, 0.2) is 18.2 Å². The van der Waals surface area contributed by atoms with Crippen LogP contribution in [0.25, 0.3) is 0 Å². The summed E-state index contributed by atoms with van der Waals surface area (Å²) < 4.78 is 4.96. The Balaban J connectivity index is 2.40. The number of nitro benzene ring substituents is 1. The molecule has 0 aliphatic carbocycles. The molecule has 1 aromatic carbocycles. The number of anilines is 1. The topological polar surface area (TPSA) is 75.8 Å². The van der Waals surface area contributed by atoms with Crippen LogP contribution in [0.1, 0.15) is 0 Å². The quantitative estimate of drug-likeness (QED) is 0.606. The Hall–Kier alpha value is -1.82. The third-order valence-corrected chi connectivity index (χ3v) is 2.58. The first-order valence-electron chi connectivity index (χ1n) is 4.88. The van der Waals surface area contributed by atoms with Gasteiger partial charge in [-0.25, -0.2) is 0 Å². The molecule has 1 heterocycles. The number of nitro groups is 1. The van der Waals surface area contributed by atoms with Gasteiger partial charge in [0.15, 0.2) is 5.75 Å². The lowest BCUT2D eigenvalue weighted by atomic mass is 10.1. The molecule has 1 aromatic rings. The second-order valence-corrected chi connectivity index (χ2v) is 3.64. The zero-order chi connectivity index (χ0) is 11.7. The molecule has 0 radical (unpaired) electrons. The van der Waals surface area contributed by atoms with Crippen LogP contribution in [0.4, 0.5) is 11.4 Å². The molecule has 1 aliphatic rings. The maximum absolute atomic E-state index is 11.0. The summed E-state index contributed by atoms with van der Waals surface area (Å²) in [5, 5.41) is 20.2. The van der Waals surface area contributed by atoms with Crippen molar-refractivity contribution in [3.63, 3.8) is 0 Å². The molecule has 0 atom stereocenters. The molecule has 2 rings (SSSR count). The highest BCUT2D eigenvalue weighted by atomic mass is 16.6. The highest BCUT2D eigenvalue weighted by molar-refractivity contribution is 5.70. The summed E-state index contributed by atoms with van der Waals surface area (Å²) in [5.74, 6) is 0.240. The van der Waals surface area contributed by atoms with Gasteiger partial charge in [0, 0.05) is 13.1 Å². The third-order valence-electron chi connectivity index (χ3n) is 2.58. The highest BCUT2D eigenvalue weighted by Crippen LogP contribution is 2.38. The number of para-hydroxylation sites is 1. The third kappa shape index (κ3) is 1.67. The van der Waals surface area contributed by atoms with Gasteiger partial charge >= 0.3 is 5.69 Å². The normalized spacial score (nSPS) is 15.8. The molecule has 0 saturated carbocycles. The van der Waals surface area contributed by atoms with Gasteiger partial charge in [0.05, 0.1) is 18.1 Å². The zero-order valence-corrected chi connectivity index (χ0v) is 8.79. The number of hydrogen-bond donors (Lipinski definition) is 1. The van der Waals surface area contributed by atoms with Gasteiger partial charge in [-0.1, -0.05) is 6.07 Å². The highest BCUT2D eigenvalue weighted by Gasteiger charge is 2.31. The molecule has 86 valence electrons. The van der Waals surface area contributed by atoms with Crippen molar-refractivity contribution < 1.29 is 14.8 Å². The number of ether oxygens (including phenoxy) is 1. The van der Waals surface area contributed by atoms with E-state index < -0.39 is 11.0 Å². The molecule has 6 heteroatoms. The molecule has 1 fully saturated rings.